The van der Waals surface area contributed by atoms with E-state index < -0.39 is 12.1 Å². The van der Waals surface area contributed by atoms with Crippen LogP contribution in [0.1, 0.15) is 47.9 Å². The third-order valence-corrected chi connectivity index (χ3v) is 10.4. The standard InChI is InChI=1S/C35H49N7O4/c1-25-8-9-27(22-26(25)2)23-32(33(43)40-14-10-29(11-15-40)39-20-18-38(3)19-21-39)37-35(45)46-41-16-12-30(13-17-41)42-24-28-6-4-5-7-31(28)36-34(42)44/h4-9,22,29-30,32H,10-21,23-24H2,1-3H3,(H,36,44)(H,37,45). The number of likely N-dealkylation sites (N-methyl/N-ethyl adjacent to an activating group) is 1. The van der Waals surface area contributed by atoms with E-state index in [4.69, 9.17) is 4.84 Å². The molecule has 4 heterocycles. The lowest BCUT2D eigenvalue weighted by molar-refractivity contribution is -0.137. The van der Waals surface area contributed by atoms with E-state index in [0.717, 1.165) is 61.4 Å². The molecule has 248 valence electrons. The van der Waals surface area contributed by atoms with Crippen LogP contribution in [0.3, 0.4) is 0 Å². The molecule has 2 N–H and O–H groups in total. The molecule has 0 saturated carbocycles. The van der Waals surface area contributed by atoms with Crippen LogP contribution in [0.4, 0.5) is 15.3 Å². The molecule has 0 aliphatic carbocycles. The van der Waals surface area contributed by atoms with E-state index in [1.165, 1.54) is 5.56 Å². The number of fused-ring (bicyclic) bond motifs is 1. The first-order chi connectivity index (χ1) is 22.2. The number of para-hydroxylation sites is 1. The van der Waals surface area contributed by atoms with Gasteiger partial charge in [-0.05, 0) is 74.9 Å². The molecule has 4 amide bonds. The molecule has 0 spiro atoms. The van der Waals surface area contributed by atoms with Crippen LogP contribution in [0.15, 0.2) is 42.5 Å². The molecule has 0 radical (unpaired) electrons. The second-order valence-electron chi connectivity index (χ2n) is 13.5. The lowest BCUT2D eigenvalue weighted by atomic mass is 9.98. The highest BCUT2D eigenvalue weighted by Gasteiger charge is 2.35. The van der Waals surface area contributed by atoms with E-state index in [1.54, 1.807) is 5.06 Å². The summed E-state index contributed by atoms with van der Waals surface area (Å²) in [6.45, 7) is 11.4. The highest BCUT2D eigenvalue weighted by molar-refractivity contribution is 5.92. The van der Waals surface area contributed by atoms with Gasteiger partial charge < -0.3 is 30.2 Å². The zero-order valence-electron chi connectivity index (χ0n) is 27.5. The Kier molecular flexibility index (Phi) is 10.1. The molecule has 1 atom stereocenters. The Morgan fingerprint density at radius 3 is 2.30 bits per heavy atom. The van der Waals surface area contributed by atoms with Gasteiger partial charge in [-0.25, -0.2) is 9.59 Å². The summed E-state index contributed by atoms with van der Waals surface area (Å²) in [4.78, 5) is 54.5. The fourth-order valence-corrected chi connectivity index (χ4v) is 7.27. The minimum Gasteiger partial charge on any atom is -0.351 e. The van der Waals surface area contributed by atoms with Crippen LogP contribution in [0.25, 0.3) is 0 Å². The number of likely N-dealkylation sites (tertiary alicyclic amines) is 1. The molecule has 46 heavy (non-hydrogen) atoms. The summed E-state index contributed by atoms with van der Waals surface area (Å²) in [6.07, 6.45) is 3.07. The van der Waals surface area contributed by atoms with Crippen LogP contribution in [-0.2, 0) is 22.6 Å². The molecule has 4 aliphatic heterocycles. The van der Waals surface area contributed by atoms with Gasteiger partial charge in [-0.2, -0.15) is 0 Å². The molecule has 4 aliphatic rings. The number of nitrogens with one attached hydrogen (secondary N) is 2. The van der Waals surface area contributed by atoms with Crippen molar-refractivity contribution in [1.82, 2.24) is 30.0 Å². The van der Waals surface area contributed by atoms with Crippen LogP contribution in [0.2, 0.25) is 0 Å². The molecule has 3 fully saturated rings. The summed E-state index contributed by atoms with van der Waals surface area (Å²) >= 11 is 0. The van der Waals surface area contributed by atoms with Crippen molar-refractivity contribution in [3.05, 3.63) is 64.7 Å². The number of piperidine rings is 2. The summed E-state index contributed by atoms with van der Waals surface area (Å²) in [5.41, 5.74) is 5.33. The zero-order chi connectivity index (χ0) is 32.2. The maximum Gasteiger partial charge on any atom is 0.426 e. The maximum atomic E-state index is 13.9. The maximum absolute atomic E-state index is 13.9. The highest BCUT2D eigenvalue weighted by atomic mass is 16.7. The number of rotatable bonds is 7. The quantitative estimate of drug-likeness (QED) is 0.482. The van der Waals surface area contributed by atoms with Crippen LogP contribution >= 0.6 is 0 Å². The number of urea groups is 1. The van der Waals surface area contributed by atoms with Gasteiger partial charge >= 0.3 is 12.1 Å². The first-order valence-corrected chi connectivity index (χ1v) is 16.9. The summed E-state index contributed by atoms with van der Waals surface area (Å²) in [6, 6.07) is 13.8. The van der Waals surface area contributed by atoms with Gasteiger partial charge in [0.2, 0.25) is 5.91 Å². The van der Waals surface area contributed by atoms with E-state index >= 15 is 0 Å². The number of carbonyl (C=O) groups excluding carboxylic acids is 3. The Morgan fingerprint density at radius 2 is 1.59 bits per heavy atom. The Balaban J connectivity index is 1.04. The molecule has 3 saturated heterocycles. The SMILES string of the molecule is Cc1ccc(CC(NC(=O)ON2CCC(N3Cc4ccccc4NC3=O)CC2)C(=O)N2CCC(N3CCN(C)CC3)CC2)cc1C. The minimum absolute atomic E-state index is 0.0536. The summed E-state index contributed by atoms with van der Waals surface area (Å²) in [7, 11) is 2.17. The van der Waals surface area contributed by atoms with E-state index in [0.29, 0.717) is 58.0 Å². The van der Waals surface area contributed by atoms with Gasteiger partial charge in [0.15, 0.2) is 0 Å². The zero-order valence-corrected chi connectivity index (χ0v) is 27.5. The Labute approximate surface area is 272 Å². The number of anilines is 1. The molecular formula is C35H49N7O4. The first kappa shape index (κ1) is 32.3. The van der Waals surface area contributed by atoms with Crippen molar-refractivity contribution >= 4 is 23.7 Å². The van der Waals surface area contributed by atoms with Gasteiger partial charge in [0.05, 0.1) is 0 Å². The Morgan fingerprint density at radius 1 is 0.891 bits per heavy atom. The number of hydrogen-bond acceptors (Lipinski definition) is 7. The first-order valence-electron chi connectivity index (χ1n) is 16.9. The van der Waals surface area contributed by atoms with Gasteiger partial charge in [-0.15, -0.1) is 5.06 Å². The summed E-state index contributed by atoms with van der Waals surface area (Å²) in [5, 5.41) is 7.58. The lowest BCUT2D eigenvalue weighted by Gasteiger charge is -2.42. The summed E-state index contributed by atoms with van der Waals surface area (Å²) < 4.78 is 0. The van der Waals surface area contributed by atoms with Crippen molar-refractivity contribution in [2.24, 2.45) is 0 Å². The molecule has 2 aromatic carbocycles. The second kappa shape index (κ2) is 14.4. The normalized spacial score (nSPS) is 21.4. The number of piperazine rings is 1. The third kappa shape index (κ3) is 7.65. The molecule has 0 bridgehead atoms. The number of nitrogens with zero attached hydrogens (tertiary/aromatic N) is 5. The van der Waals surface area contributed by atoms with E-state index in [-0.39, 0.29) is 18.0 Å². The third-order valence-electron chi connectivity index (χ3n) is 10.4. The van der Waals surface area contributed by atoms with Crippen LogP contribution in [0, 0.1) is 13.8 Å². The molecule has 11 heteroatoms. The highest BCUT2D eigenvalue weighted by Crippen LogP contribution is 2.28. The second-order valence-corrected chi connectivity index (χ2v) is 13.5. The summed E-state index contributed by atoms with van der Waals surface area (Å²) in [5.74, 6) is -0.0536. The molecule has 11 nitrogen and oxygen atoms in total. The number of carbonyl (C=O) groups is 3. The van der Waals surface area contributed by atoms with Crippen molar-refractivity contribution in [1.29, 1.82) is 0 Å². The van der Waals surface area contributed by atoms with Crippen molar-refractivity contribution < 1.29 is 19.2 Å². The fraction of sp³-hybridized carbons (Fsp3) is 0.571. The molecule has 6 rings (SSSR count). The predicted molar refractivity (Wildman–Crippen MR) is 177 cm³/mol. The average molecular weight is 632 g/mol. The minimum atomic E-state index is -0.718. The number of hydroxylamine groups is 2. The number of amides is 4. The van der Waals surface area contributed by atoms with Crippen molar-refractivity contribution in [3.8, 4) is 0 Å². The number of benzene rings is 2. The van der Waals surface area contributed by atoms with E-state index in [2.05, 4.69) is 53.5 Å². The van der Waals surface area contributed by atoms with E-state index in [9.17, 15) is 14.4 Å². The monoisotopic (exact) mass is 631 g/mol. The predicted octanol–water partition coefficient (Wildman–Crippen LogP) is 3.61. The van der Waals surface area contributed by atoms with Crippen molar-refractivity contribution in [2.45, 2.75) is 70.6 Å². The topological polar surface area (TPSA) is 101 Å². The van der Waals surface area contributed by atoms with Crippen LogP contribution in [0.5, 0.6) is 0 Å². The molecule has 1 unspecified atom stereocenters. The molecule has 0 aromatic heterocycles. The lowest BCUT2D eigenvalue weighted by Crippen LogP contribution is -2.56. The molecule has 2 aromatic rings. The van der Waals surface area contributed by atoms with Gasteiger partial charge in [0, 0.05) is 83.1 Å². The molecular weight excluding hydrogens is 582 g/mol. The smallest absolute Gasteiger partial charge is 0.351 e. The van der Waals surface area contributed by atoms with Gasteiger partial charge in [0.1, 0.15) is 6.04 Å². The van der Waals surface area contributed by atoms with Crippen molar-refractivity contribution in [3.63, 3.8) is 0 Å². The largest absolute Gasteiger partial charge is 0.426 e. The number of hydrogen-bond donors (Lipinski definition) is 2. The van der Waals surface area contributed by atoms with Gasteiger partial charge in [0.25, 0.3) is 0 Å². The van der Waals surface area contributed by atoms with Crippen LogP contribution < -0.4 is 10.6 Å². The van der Waals surface area contributed by atoms with Gasteiger partial charge in [-0.3, -0.25) is 9.69 Å². The number of aryl methyl sites for hydroxylation is 2. The average Bonchev–Trinajstić information content (AvgIpc) is 3.06. The Bertz CT molecular complexity index is 1400. The fourth-order valence-electron chi connectivity index (χ4n) is 7.27. The Hall–Kier alpha value is -3.67. The van der Waals surface area contributed by atoms with Crippen molar-refractivity contribution in [2.75, 3.05) is 64.7 Å². The van der Waals surface area contributed by atoms with E-state index in [1.807, 2.05) is 40.1 Å². The van der Waals surface area contributed by atoms with Crippen LogP contribution in [-0.4, -0.2) is 120 Å². The van der Waals surface area contributed by atoms with Gasteiger partial charge in [-0.1, -0.05) is 36.4 Å².